The van der Waals surface area contributed by atoms with Gasteiger partial charge in [0.1, 0.15) is 5.75 Å². The molecule has 1 atom stereocenters. The summed E-state index contributed by atoms with van der Waals surface area (Å²) in [6.45, 7) is 5.20. The maximum Gasteiger partial charge on any atom is 0.422 e. The van der Waals surface area contributed by atoms with Crippen LogP contribution in [0.15, 0.2) is 24.3 Å². The second-order valence-corrected chi connectivity index (χ2v) is 5.38. The standard InChI is InChI=1S/C15H22F3NO2/c1-11(2)19(8-12(3)20)9-13-6-4-5-7-14(13)21-10-15(16,17)18/h4-7,11-12,20H,8-10H2,1-3H3. The number of alkyl halides is 3. The largest absolute Gasteiger partial charge is 0.484 e. The van der Waals surface area contributed by atoms with Gasteiger partial charge in [0.2, 0.25) is 0 Å². The molecule has 0 heterocycles. The highest BCUT2D eigenvalue weighted by molar-refractivity contribution is 5.33. The van der Waals surface area contributed by atoms with Crippen LogP contribution in [0.3, 0.4) is 0 Å². The van der Waals surface area contributed by atoms with Crippen molar-refractivity contribution < 1.29 is 23.0 Å². The van der Waals surface area contributed by atoms with Crippen molar-refractivity contribution in [3.63, 3.8) is 0 Å². The van der Waals surface area contributed by atoms with Crippen LogP contribution in [0.2, 0.25) is 0 Å². The molecule has 0 bridgehead atoms. The van der Waals surface area contributed by atoms with Gasteiger partial charge in [0.15, 0.2) is 6.61 Å². The van der Waals surface area contributed by atoms with E-state index >= 15 is 0 Å². The summed E-state index contributed by atoms with van der Waals surface area (Å²) in [4.78, 5) is 1.99. The van der Waals surface area contributed by atoms with Crippen molar-refractivity contribution in [2.24, 2.45) is 0 Å². The fourth-order valence-electron chi connectivity index (χ4n) is 1.95. The molecule has 1 aromatic rings. The summed E-state index contributed by atoms with van der Waals surface area (Å²) >= 11 is 0. The second-order valence-electron chi connectivity index (χ2n) is 5.38. The first kappa shape index (κ1) is 17.8. The monoisotopic (exact) mass is 305 g/mol. The van der Waals surface area contributed by atoms with Crippen molar-refractivity contribution in [1.29, 1.82) is 0 Å². The first-order valence-corrected chi connectivity index (χ1v) is 6.88. The molecule has 0 fully saturated rings. The number of rotatable bonds is 7. The number of aliphatic hydroxyl groups excluding tert-OH is 1. The Bertz CT molecular complexity index is 433. The zero-order valence-electron chi connectivity index (χ0n) is 12.5. The molecule has 0 aliphatic heterocycles. The van der Waals surface area contributed by atoms with Crippen LogP contribution < -0.4 is 4.74 Å². The summed E-state index contributed by atoms with van der Waals surface area (Å²) in [5.41, 5.74) is 0.677. The van der Waals surface area contributed by atoms with E-state index in [-0.39, 0.29) is 11.8 Å². The second kappa shape index (κ2) is 7.66. The lowest BCUT2D eigenvalue weighted by molar-refractivity contribution is -0.153. The van der Waals surface area contributed by atoms with Crippen LogP contribution in [-0.4, -0.2) is 41.5 Å². The third-order valence-electron chi connectivity index (χ3n) is 2.97. The van der Waals surface area contributed by atoms with E-state index in [1.165, 1.54) is 6.07 Å². The highest BCUT2D eigenvalue weighted by atomic mass is 19.4. The molecule has 1 aromatic carbocycles. The molecule has 0 aliphatic rings. The van der Waals surface area contributed by atoms with Crippen LogP contribution >= 0.6 is 0 Å². The topological polar surface area (TPSA) is 32.7 Å². The van der Waals surface area contributed by atoms with E-state index in [0.717, 1.165) is 0 Å². The Kier molecular flexibility index (Phi) is 6.48. The summed E-state index contributed by atoms with van der Waals surface area (Å²) in [6.07, 6.45) is -4.86. The fourth-order valence-corrected chi connectivity index (χ4v) is 1.95. The molecule has 0 aliphatic carbocycles. The molecule has 3 nitrogen and oxygen atoms in total. The van der Waals surface area contributed by atoms with E-state index in [2.05, 4.69) is 0 Å². The van der Waals surface area contributed by atoms with E-state index < -0.39 is 18.9 Å². The number of benzene rings is 1. The highest BCUT2D eigenvalue weighted by Crippen LogP contribution is 2.24. The van der Waals surface area contributed by atoms with Gasteiger partial charge in [0, 0.05) is 24.7 Å². The van der Waals surface area contributed by atoms with Crippen molar-refractivity contribution in [2.45, 2.75) is 45.6 Å². The maximum atomic E-state index is 12.3. The van der Waals surface area contributed by atoms with Gasteiger partial charge in [0.05, 0.1) is 6.10 Å². The van der Waals surface area contributed by atoms with Crippen molar-refractivity contribution >= 4 is 0 Å². The van der Waals surface area contributed by atoms with Gasteiger partial charge in [-0.3, -0.25) is 4.90 Å². The minimum Gasteiger partial charge on any atom is -0.484 e. The molecule has 0 radical (unpaired) electrons. The molecule has 1 unspecified atom stereocenters. The molecule has 21 heavy (non-hydrogen) atoms. The zero-order chi connectivity index (χ0) is 16.0. The zero-order valence-corrected chi connectivity index (χ0v) is 12.5. The fraction of sp³-hybridized carbons (Fsp3) is 0.600. The lowest BCUT2D eigenvalue weighted by atomic mass is 10.1. The van der Waals surface area contributed by atoms with E-state index in [1.54, 1.807) is 25.1 Å². The number of para-hydroxylation sites is 1. The van der Waals surface area contributed by atoms with Gasteiger partial charge in [-0.25, -0.2) is 0 Å². The molecule has 0 saturated carbocycles. The van der Waals surface area contributed by atoms with E-state index in [9.17, 15) is 18.3 Å². The summed E-state index contributed by atoms with van der Waals surface area (Å²) < 4.78 is 41.7. The summed E-state index contributed by atoms with van der Waals surface area (Å²) in [5, 5.41) is 9.51. The first-order valence-electron chi connectivity index (χ1n) is 6.88. The number of hydrogen-bond acceptors (Lipinski definition) is 3. The number of aliphatic hydroxyl groups is 1. The van der Waals surface area contributed by atoms with Crippen LogP contribution in [0.5, 0.6) is 5.75 Å². The molecule has 120 valence electrons. The Morgan fingerprint density at radius 1 is 1.19 bits per heavy atom. The molecule has 0 spiro atoms. The average Bonchev–Trinajstić information content (AvgIpc) is 2.35. The number of ether oxygens (including phenoxy) is 1. The van der Waals surface area contributed by atoms with E-state index in [4.69, 9.17) is 4.74 Å². The van der Waals surface area contributed by atoms with Gasteiger partial charge < -0.3 is 9.84 Å². The Labute approximate surface area is 123 Å². The van der Waals surface area contributed by atoms with Crippen LogP contribution in [0.4, 0.5) is 13.2 Å². The van der Waals surface area contributed by atoms with Crippen LogP contribution in [0, 0.1) is 0 Å². The molecule has 1 rings (SSSR count). The smallest absolute Gasteiger partial charge is 0.422 e. The van der Waals surface area contributed by atoms with Gasteiger partial charge in [-0.2, -0.15) is 13.2 Å². The summed E-state index contributed by atoms with van der Waals surface area (Å²) in [5.74, 6) is 0.228. The molecule has 0 aromatic heterocycles. The maximum absolute atomic E-state index is 12.3. The molecule has 1 N–H and O–H groups in total. The lowest BCUT2D eigenvalue weighted by Gasteiger charge is -2.28. The van der Waals surface area contributed by atoms with E-state index in [1.807, 2.05) is 18.7 Å². The Balaban J connectivity index is 2.81. The van der Waals surface area contributed by atoms with Crippen molar-refractivity contribution in [2.75, 3.05) is 13.2 Å². The number of nitrogens with zero attached hydrogens (tertiary/aromatic N) is 1. The quantitative estimate of drug-likeness (QED) is 0.839. The van der Waals surface area contributed by atoms with E-state index in [0.29, 0.717) is 18.7 Å². The normalized spacial score (nSPS) is 13.8. The minimum absolute atomic E-state index is 0.162. The SMILES string of the molecule is CC(O)CN(Cc1ccccc1OCC(F)(F)F)C(C)C. The van der Waals surface area contributed by atoms with Crippen molar-refractivity contribution in [3.05, 3.63) is 29.8 Å². The molecular formula is C15H22F3NO2. The number of hydrogen-bond donors (Lipinski definition) is 1. The summed E-state index contributed by atoms with van der Waals surface area (Å²) in [7, 11) is 0. The summed E-state index contributed by atoms with van der Waals surface area (Å²) in [6, 6.07) is 6.83. The van der Waals surface area contributed by atoms with Gasteiger partial charge in [-0.1, -0.05) is 18.2 Å². The van der Waals surface area contributed by atoms with Gasteiger partial charge in [-0.15, -0.1) is 0 Å². The average molecular weight is 305 g/mol. The third kappa shape index (κ3) is 6.82. The van der Waals surface area contributed by atoms with Crippen molar-refractivity contribution in [3.8, 4) is 5.75 Å². The van der Waals surface area contributed by atoms with Gasteiger partial charge in [0.25, 0.3) is 0 Å². The van der Waals surface area contributed by atoms with Crippen LogP contribution in [0.1, 0.15) is 26.3 Å². The third-order valence-corrected chi connectivity index (χ3v) is 2.97. The lowest BCUT2D eigenvalue weighted by Crippen LogP contribution is -2.36. The highest BCUT2D eigenvalue weighted by Gasteiger charge is 2.29. The van der Waals surface area contributed by atoms with Crippen LogP contribution in [0.25, 0.3) is 0 Å². The van der Waals surface area contributed by atoms with Crippen molar-refractivity contribution in [1.82, 2.24) is 4.90 Å². The molecule has 0 saturated heterocycles. The predicted molar refractivity (Wildman–Crippen MR) is 75.2 cm³/mol. The van der Waals surface area contributed by atoms with Gasteiger partial charge in [-0.05, 0) is 26.8 Å². The molecule has 6 heteroatoms. The predicted octanol–water partition coefficient (Wildman–Crippen LogP) is 3.22. The Morgan fingerprint density at radius 2 is 1.81 bits per heavy atom. The first-order chi connectivity index (χ1) is 9.69. The van der Waals surface area contributed by atoms with Gasteiger partial charge >= 0.3 is 6.18 Å². The minimum atomic E-state index is -4.36. The van der Waals surface area contributed by atoms with Crippen LogP contribution in [-0.2, 0) is 6.54 Å². The molecule has 0 amide bonds. The number of halogens is 3. The Hall–Kier alpha value is -1.27. The molecular weight excluding hydrogens is 283 g/mol. The Morgan fingerprint density at radius 3 is 2.33 bits per heavy atom.